The zero-order valence-corrected chi connectivity index (χ0v) is 15.4. The summed E-state index contributed by atoms with van der Waals surface area (Å²) in [6.45, 7) is 1.38. The maximum absolute atomic E-state index is 12.1. The van der Waals surface area contributed by atoms with Gasteiger partial charge < -0.3 is 15.2 Å². The second kappa shape index (κ2) is 8.95. The van der Waals surface area contributed by atoms with E-state index in [0.29, 0.717) is 35.6 Å². The third kappa shape index (κ3) is 5.15. The average Bonchev–Trinajstić information content (AvgIpc) is 2.67. The summed E-state index contributed by atoms with van der Waals surface area (Å²) in [6, 6.07) is 13.9. The summed E-state index contributed by atoms with van der Waals surface area (Å²) in [5.41, 5.74) is 0.574. The van der Waals surface area contributed by atoms with Crippen molar-refractivity contribution in [2.75, 3.05) is 13.2 Å². The van der Waals surface area contributed by atoms with Crippen LogP contribution in [-0.2, 0) is 0 Å². The molecule has 1 fully saturated rings. The number of ether oxygens (including phenoxy) is 1. The average molecular weight is 374 g/mol. The molecule has 1 aliphatic rings. The lowest BCUT2D eigenvalue weighted by atomic mass is 9.82. The van der Waals surface area contributed by atoms with Gasteiger partial charge >= 0.3 is 0 Å². The van der Waals surface area contributed by atoms with Gasteiger partial charge in [0.05, 0.1) is 11.6 Å². The second-order valence-electron chi connectivity index (χ2n) is 6.89. The number of carbonyl (C=O) groups excluding carboxylic acids is 1. The van der Waals surface area contributed by atoms with Crippen LogP contribution in [0.1, 0.15) is 36.0 Å². The first-order valence-electron chi connectivity index (χ1n) is 9.06. The monoisotopic (exact) mass is 373 g/mol. The van der Waals surface area contributed by atoms with E-state index in [0.717, 1.165) is 31.4 Å². The van der Waals surface area contributed by atoms with E-state index in [9.17, 15) is 9.90 Å². The second-order valence-corrected chi connectivity index (χ2v) is 7.29. The molecule has 4 nitrogen and oxygen atoms in total. The smallest absolute Gasteiger partial charge is 0.251 e. The van der Waals surface area contributed by atoms with Crippen LogP contribution in [0.5, 0.6) is 11.5 Å². The minimum atomic E-state index is -0.0887. The topological polar surface area (TPSA) is 58.6 Å². The number of aromatic hydroxyl groups is 1. The molecule has 0 saturated heterocycles. The van der Waals surface area contributed by atoms with Crippen molar-refractivity contribution in [2.24, 2.45) is 11.8 Å². The van der Waals surface area contributed by atoms with Crippen LogP contribution in [0.2, 0.25) is 5.02 Å². The molecule has 3 rings (SSSR count). The van der Waals surface area contributed by atoms with Crippen molar-refractivity contribution in [1.82, 2.24) is 5.32 Å². The van der Waals surface area contributed by atoms with Crippen LogP contribution in [0.25, 0.3) is 0 Å². The molecule has 2 aromatic rings. The van der Waals surface area contributed by atoms with E-state index in [1.165, 1.54) is 12.1 Å². The van der Waals surface area contributed by atoms with Crippen molar-refractivity contribution in [3.8, 4) is 11.5 Å². The Morgan fingerprint density at radius 2 is 1.69 bits per heavy atom. The lowest BCUT2D eigenvalue weighted by molar-refractivity contribution is 0.0938. The van der Waals surface area contributed by atoms with Crippen molar-refractivity contribution in [3.05, 3.63) is 59.1 Å². The fourth-order valence-corrected chi connectivity index (χ4v) is 3.51. The number of phenolic OH excluding ortho intramolecular Hbond substituents is 1. The van der Waals surface area contributed by atoms with Crippen LogP contribution < -0.4 is 10.1 Å². The molecule has 0 heterocycles. The molecule has 2 N–H and O–H groups in total. The Balaban J connectivity index is 1.38. The van der Waals surface area contributed by atoms with Gasteiger partial charge in [-0.2, -0.15) is 0 Å². The number of carbonyl (C=O) groups is 1. The number of hydrogen-bond acceptors (Lipinski definition) is 3. The minimum absolute atomic E-state index is 0.0887. The fraction of sp³-hybridized carbons (Fsp3) is 0.381. The normalized spacial score (nSPS) is 19.7. The first-order valence-corrected chi connectivity index (χ1v) is 9.44. The Kier molecular flexibility index (Phi) is 6.40. The van der Waals surface area contributed by atoms with Crippen LogP contribution in [0.3, 0.4) is 0 Å². The third-order valence-corrected chi connectivity index (χ3v) is 5.27. The van der Waals surface area contributed by atoms with Crippen molar-refractivity contribution < 1.29 is 14.6 Å². The number of nitrogens with one attached hydrogen (secondary N) is 1. The number of halogens is 1. The predicted molar refractivity (Wildman–Crippen MR) is 103 cm³/mol. The summed E-state index contributed by atoms with van der Waals surface area (Å²) in [5, 5.41) is 12.9. The number of hydrogen-bond donors (Lipinski definition) is 2. The quantitative estimate of drug-likeness (QED) is 0.774. The van der Waals surface area contributed by atoms with Gasteiger partial charge in [0, 0.05) is 12.1 Å². The highest BCUT2D eigenvalue weighted by atomic mass is 35.5. The molecule has 0 atom stereocenters. The molecule has 26 heavy (non-hydrogen) atoms. The number of para-hydroxylation sites is 1. The van der Waals surface area contributed by atoms with Crippen LogP contribution in [0.15, 0.2) is 48.5 Å². The van der Waals surface area contributed by atoms with Gasteiger partial charge in [0.1, 0.15) is 11.5 Å². The first-order chi connectivity index (χ1) is 12.6. The molecule has 5 heteroatoms. The molecule has 0 aliphatic heterocycles. The summed E-state index contributed by atoms with van der Waals surface area (Å²) in [7, 11) is 0. The fourth-order valence-electron chi connectivity index (χ4n) is 3.32. The molecule has 0 bridgehead atoms. The third-order valence-electron chi connectivity index (χ3n) is 4.96. The number of phenols is 1. The van der Waals surface area contributed by atoms with Gasteiger partial charge in [-0.1, -0.05) is 23.7 Å². The summed E-state index contributed by atoms with van der Waals surface area (Å²) in [5.74, 6) is 1.87. The van der Waals surface area contributed by atoms with Crippen LogP contribution in [0.4, 0.5) is 0 Å². The van der Waals surface area contributed by atoms with Crippen molar-refractivity contribution in [3.63, 3.8) is 0 Å². The zero-order chi connectivity index (χ0) is 18.4. The van der Waals surface area contributed by atoms with E-state index < -0.39 is 0 Å². The molecule has 1 amide bonds. The highest BCUT2D eigenvalue weighted by molar-refractivity contribution is 6.32. The molecule has 0 radical (unpaired) electrons. The van der Waals surface area contributed by atoms with E-state index in [1.807, 2.05) is 24.3 Å². The molecule has 2 aromatic carbocycles. The highest BCUT2D eigenvalue weighted by Crippen LogP contribution is 2.30. The first kappa shape index (κ1) is 18.6. The predicted octanol–water partition coefficient (Wildman–Crippen LogP) is 4.66. The largest absolute Gasteiger partial charge is 0.508 e. The Morgan fingerprint density at radius 3 is 2.38 bits per heavy atom. The molecular weight excluding hydrogens is 350 g/mol. The molecular formula is C21H24ClNO3. The van der Waals surface area contributed by atoms with Crippen LogP contribution in [-0.4, -0.2) is 24.2 Å². The van der Waals surface area contributed by atoms with Crippen LogP contribution in [0, 0.1) is 11.8 Å². The summed E-state index contributed by atoms with van der Waals surface area (Å²) in [6.07, 6.45) is 4.38. The van der Waals surface area contributed by atoms with Crippen molar-refractivity contribution in [1.29, 1.82) is 0 Å². The zero-order valence-electron chi connectivity index (χ0n) is 14.7. The Morgan fingerprint density at radius 1 is 1.04 bits per heavy atom. The number of benzene rings is 2. The lowest BCUT2D eigenvalue weighted by Gasteiger charge is -2.28. The standard InChI is InChI=1S/C21H24ClNO3/c22-19-3-1-2-4-20(19)26-14-16-7-5-15(6-8-16)13-23-21(25)17-9-11-18(24)12-10-17/h1-4,9-12,15-16,24H,5-8,13-14H2,(H,23,25). The van der Waals surface area contributed by atoms with E-state index >= 15 is 0 Å². The van der Waals surface area contributed by atoms with Crippen LogP contribution >= 0.6 is 11.6 Å². The summed E-state index contributed by atoms with van der Waals surface area (Å²) < 4.78 is 5.86. The van der Waals surface area contributed by atoms with Gasteiger partial charge in [-0.05, 0) is 73.9 Å². The van der Waals surface area contributed by atoms with Gasteiger partial charge in [0.2, 0.25) is 0 Å². The molecule has 1 saturated carbocycles. The Hall–Kier alpha value is -2.20. The SMILES string of the molecule is O=C(NCC1CCC(COc2ccccc2Cl)CC1)c1ccc(O)cc1. The van der Waals surface area contributed by atoms with E-state index in [2.05, 4.69) is 5.32 Å². The molecule has 1 aliphatic carbocycles. The summed E-state index contributed by atoms with van der Waals surface area (Å²) in [4.78, 5) is 12.1. The molecule has 0 unspecified atom stereocenters. The molecule has 0 aromatic heterocycles. The number of amides is 1. The maximum atomic E-state index is 12.1. The van der Waals surface area contributed by atoms with E-state index in [1.54, 1.807) is 12.1 Å². The van der Waals surface area contributed by atoms with Gasteiger partial charge in [-0.25, -0.2) is 0 Å². The van der Waals surface area contributed by atoms with Gasteiger partial charge in [0.15, 0.2) is 0 Å². The minimum Gasteiger partial charge on any atom is -0.508 e. The van der Waals surface area contributed by atoms with Crippen molar-refractivity contribution >= 4 is 17.5 Å². The van der Waals surface area contributed by atoms with E-state index in [4.69, 9.17) is 16.3 Å². The maximum Gasteiger partial charge on any atom is 0.251 e. The van der Waals surface area contributed by atoms with Gasteiger partial charge in [-0.15, -0.1) is 0 Å². The van der Waals surface area contributed by atoms with E-state index in [-0.39, 0.29) is 11.7 Å². The molecule has 138 valence electrons. The van der Waals surface area contributed by atoms with Crippen molar-refractivity contribution in [2.45, 2.75) is 25.7 Å². The number of rotatable bonds is 6. The van der Waals surface area contributed by atoms with Gasteiger partial charge in [-0.3, -0.25) is 4.79 Å². The lowest BCUT2D eigenvalue weighted by Crippen LogP contribution is -2.32. The highest BCUT2D eigenvalue weighted by Gasteiger charge is 2.22. The molecule has 0 spiro atoms. The Bertz CT molecular complexity index is 724. The van der Waals surface area contributed by atoms with Gasteiger partial charge in [0.25, 0.3) is 5.91 Å². The Labute approximate surface area is 159 Å². The summed E-state index contributed by atoms with van der Waals surface area (Å²) >= 11 is 6.12.